The summed E-state index contributed by atoms with van der Waals surface area (Å²) in [6.07, 6.45) is 3.50. The number of aromatic nitrogens is 1. The Labute approximate surface area is 51.3 Å². The summed E-state index contributed by atoms with van der Waals surface area (Å²) in [4.78, 5) is 3.68. The standard InChI is InChI=1S/C4H6N2OS/c1-8-3-2-6-4(5)7-3/h2H,1H3,(H2,5,6). The average Bonchev–Trinajstić information content (AvgIpc) is 2.14. The van der Waals surface area contributed by atoms with Crippen LogP contribution >= 0.6 is 11.8 Å². The maximum absolute atomic E-state index is 5.16. The van der Waals surface area contributed by atoms with Crippen LogP contribution in [0.4, 0.5) is 6.01 Å². The van der Waals surface area contributed by atoms with Crippen molar-refractivity contribution in [3.63, 3.8) is 0 Å². The highest BCUT2D eigenvalue weighted by atomic mass is 32.2. The van der Waals surface area contributed by atoms with Gasteiger partial charge in [-0.2, -0.15) is 0 Å². The SMILES string of the molecule is CSc1cnc(N)o1. The predicted octanol–water partition coefficient (Wildman–Crippen LogP) is 0.979. The van der Waals surface area contributed by atoms with Gasteiger partial charge < -0.3 is 10.2 Å². The minimum atomic E-state index is 0.231. The molecule has 8 heavy (non-hydrogen) atoms. The number of rotatable bonds is 1. The first-order valence-corrected chi connectivity index (χ1v) is 3.30. The van der Waals surface area contributed by atoms with Gasteiger partial charge >= 0.3 is 0 Å². The molecule has 0 saturated heterocycles. The van der Waals surface area contributed by atoms with Gasteiger partial charge in [0.1, 0.15) is 0 Å². The molecular weight excluding hydrogens is 124 g/mol. The summed E-state index contributed by atoms with van der Waals surface area (Å²) >= 11 is 1.48. The zero-order valence-corrected chi connectivity index (χ0v) is 5.23. The van der Waals surface area contributed by atoms with Crippen LogP contribution in [0.5, 0.6) is 0 Å². The minimum absolute atomic E-state index is 0.231. The van der Waals surface area contributed by atoms with E-state index in [1.807, 2.05) is 6.26 Å². The summed E-state index contributed by atoms with van der Waals surface area (Å²) in [7, 11) is 0. The number of nitrogens with two attached hydrogens (primary N) is 1. The van der Waals surface area contributed by atoms with Gasteiger partial charge in [0.15, 0.2) is 5.09 Å². The van der Waals surface area contributed by atoms with E-state index < -0.39 is 0 Å². The summed E-state index contributed by atoms with van der Waals surface area (Å²) in [6, 6.07) is 0.231. The van der Waals surface area contributed by atoms with E-state index in [-0.39, 0.29) is 6.01 Å². The molecule has 0 saturated carbocycles. The molecule has 0 spiro atoms. The molecule has 1 aromatic heterocycles. The first-order valence-electron chi connectivity index (χ1n) is 2.08. The lowest BCUT2D eigenvalue weighted by molar-refractivity contribution is 0.490. The number of anilines is 1. The highest BCUT2D eigenvalue weighted by Gasteiger charge is 1.94. The van der Waals surface area contributed by atoms with Gasteiger partial charge in [0, 0.05) is 0 Å². The van der Waals surface area contributed by atoms with Crippen molar-refractivity contribution in [1.82, 2.24) is 4.98 Å². The number of nitrogen functional groups attached to an aromatic ring is 1. The van der Waals surface area contributed by atoms with Crippen molar-refractivity contribution in [2.75, 3.05) is 12.0 Å². The zero-order valence-electron chi connectivity index (χ0n) is 4.42. The Kier molecular flexibility index (Phi) is 1.43. The van der Waals surface area contributed by atoms with Gasteiger partial charge in [-0.3, -0.25) is 0 Å². The first-order chi connectivity index (χ1) is 3.83. The lowest BCUT2D eigenvalue weighted by Gasteiger charge is -1.80. The van der Waals surface area contributed by atoms with E-state index in [0.717, 1.165) is 5.09 Å². The van der Waals surface area contributed by atoms with Gasteiger partial charge in [-0.25, -0.2) is 4.98 Å². The molecular formula is C4H6N2OS. The van der Waals surface area contributed by atoms with Crippen LogP contribution in [0.2, 0.25) is 0 Å². The molecule has 0 unspecified atom stereocenters. The second kappa shape index (κ2) is 2.09. The van der Waals surface area contributed by atoms with Gasteiger partial charge in [0.25, 0.3) is 6.01 Å². The Morgan fingerprint density at radius 3 is 2.88 bits per heavy atom. The molecule has 1 rings (SSSR count). The van der Waals surface area contributed by atoms with Gasteiger partial charge in [0.2, 0.25) is 0 Å². The largest absolute Gasteiger partial charge is 0.417 e. The molecule has 0 aromatic carbocycles. The molecule has 1 heterocycles. The summed E-state index contributed by atoms with van der Waals surface area (Å²) in [6.45, 7) is 0. The molecule has 0 aliphatic carbocycles. The third-order valence-corrected chi connectivity index (χ3v) is 1.29. The molecule has 0 fully saturated rings. The quantitative estimate of drug-likeness (QED) is 0.576. The Hall–Kier alpha value is -0.640. The summed E-state index contributed by atoms with van der Waals surface area (Å²) in [5.41, 5.74) is 5.16. The van der Waals surface area contributed by atoms with Crippen LogP contribution in [0.25, 0.3) is 0 Å². The minimum Gasteiger partial charge on any atom is -0.417 e. The molecule has 0 amide bonds. The maximum atomic E-state index is 5.16. The lowest BCUT2D eigenvalue weighted by atomic mass is 11.0. The van der Waals surface area contributed by atoms with E-state index in [1.54, 1.807) is 6.20 Å². The Morgan fingerprint density at radius 1 is 1.88 bits per heavy atom. The van der Waals surface area contributed by atoms with E-state index in [1.165, 1.54) is 11.8 Å². The normalized spacial score (nSPS) is 9.62. The fourth-order valence-electron chi connectivity index (χ4n) is 0.366. The first kappa shape index (κ1) is 5.50. The molecule has 4 heteroatoms. The second-order valence-corrected chi connectivity index (χ2v) is 2.03. The molecule has 0 atom stereocenters. The van der Waals surface area contributed by atoms with Crippen molar-refractivity contribution < 1.29 is 4.42 Å². The Morgan fingerprint density at radius 2 is 2.62 bits per heavy atom. The van der Waals surface area contributed by atoms with Gasteiger partial charge in [0.05, 0.1) is 6.20 Å². The number of hydrogen-bond acceptors (Lipinski definition) is 4. The average molecular weight is 130 g/mol. The second-order valence-electron chi connectivity index (χ2n) is 1.22. The zero-order chi connectivity index (χ0) is 5.98. The van der Waals surface area contributed by atoms with Crippen LogP contribution in [0.3, 0.4) is 0 Å². The Bertz CT molecular complexity index is 174. The monoisotopic (exact) mass is 130 g/mol. The smallest absolute Gasteiger partial charge is 0.292 e. The molecule has 44 valence electrons. The van der Waals surface area contributed by atoms with Gasteiger partial charge in [-0.05, 0) is 6.26 Å². The summed E-state index contributed by atoms with van der Waals surface area (Å²) in [5, 5.41) is 0.752. The topological polar surface area (TPSA) is 52.0 Å². The van der Waals surface area contributed by atoms with Crippen molar-refractivity contribution in [1.29, 1.82) is 0 Å². The van der Waals surface area contributed by atoms with Crippen molar-refractivity contribution in [2.45, 2.75) is 5.09 Å². The molecule has 0 aliphatic rings. The van der Waals surface area contributed by atoms with Crippen molar-refractivity contribution >= 4 is 17.8 Å². The number of thioether (sulfide) groups is 1. The van der Waals surface area contributed by atoms with Crippen LogP contribution in [-0.4, -0.2) is 11.2 Å². The van der Waals surface area contributed by atoms with Crippen molar-refractivity contribution in [3.8, 4) is 0 Å². The number of nitrogens with zero attached hydrogens (tertiary/aromatic N) is 1. The van der Waals surface area contributed by atoms with Crippen molar-refractivity contribution in [2.24, 2.45) is 0 Å². The molecule has 0 radical (unpaired) electrons. The van der Waals surface area contributed by atoms with Gasteiger partial charge in [-0.1, -0.05) is 11.8 Å². The summed E-state index contributed by atoms with van der Waals surface area (Å²) in [5.74, 6) is 0. The van der Waals surface area contributed by atoms with Crippen LogP contribution in [0.15, 0.2) is 15.7 Å². The van der Waals surface area contributed by atoms with Crippen LogP contribution in [0.1, 0.15) is 0 Å². The predicted molar refractivity (Wildman–Crippen MR) is 32.7 cm³/mol. The van der Waals surface area contributed by atoms with E-state index in [0.29, 0.717) is 0 Å². The third-order valence-electron chi connectivity index (χ3n) is 0.704. The molecule has 3 nitrogen and oxygen atoms in total. The lowest BCUT2D eigenvalue weighted by Crippen LogP contribution is -1.79. The molecule has 0 bridgehead atoms. The fraction of sp³-hybridized carbons (Fsp3) is 0.250. The van der Waals surface area contributed by atoms with Gasteiger partial charge in [-0.15, -0.1) is 0 Å². The molecule has 2 N–H and O–H groups in total. The number of oxazole rings is 1. The van der Waals surface area contributed by atoms with E-state index in [4.69, 9.17) is 10.2 Å². The third kappa shape index (κ3) is 0.949. The number of hydrogen-bond donors (Lipinski definition) is 1. The van der Waals surface area contributed by atoms with Crippen molar-refractivity contribution in [3.05, 3.63) is 6.20 Å². The van der Waals surface area contributed by atoms with E-state index >= 15 is 0 Å². The highest BCUT2D eigenvalue weighted by Crippen LogP contribution is 2.15. The fourth-order valence-corrected chi connectivity index (χ4v) is 0.693. The van der Waals surface area contributed by atoms with Crippen LogP contribution < -0.4 is 5.73 Å². The Balaban J connectivity index is 2.84. The van der Waals surface area contributed by atoms with E-state index in [9.17, 15) is 0 Å². The van der Waals surface area contributed by atoms with E-state index in [2.05, 4.69) is 4.98 Å². The summed E-state index contributed by atoms with van der Waals surface area (Å²) < 4.78 is 4.86. The highest BCUT2D eigenvalue weighted by molar-refractivity contribution is 7.98. The van der Waals surface area contributed by atoms with Crippen LogP contribution in [0, 0.1) is 0 Å². The maximum Gasteiger partial charge on any atom is 0.292 e. The van der Waals surface area contributed by atoms with Crippen LogP contribution in [-0.2, 0) is 0 Å². The molecule has 1 aromatic rings. The molecule has 0 aliphatic heterocycles.